The molecule has 2 aromatic rings. The van der Waals surface area contributed by atoms with Gasteiger partial charge in [-0.25, -0.2) is 4.98 Å². The number of nitrogens with zero attached hydrogens (tertiary/aromatic N) is 2. The highest BCUT2D eigenvalue weighted by Crippen LogP contribution is 2.25. The summed E-state index contributed by atoms with van der Waals surface area (Å²) in [6.45, 7) is 4.42. The number of hydrogen-bond donors (Lipinski definition) is 1. The Bertz CT molecular complexity index is 592. The van der Waals surface area contributed by atoms with Gasteiger partial charge in [0.1, 0.15) is 5.82 Å². The highest BCUT2D eigenvalue weighted by atomic mass is 16.5. The van der Waals surface area contributed by atoms with Crippen LogP contribution in [0.2, 0.25) is 0 Å². The first-order chi connectivity index (χ1) is 9.78. The minimum Gasteiger partial charge on any atom is -0.388 e. The number of hydrogen-bond acceptors (Lipinski definition) is 3. The number of aliphatic hydroxyl groups excluding tert-OH is 1. The number of imidazole rings is 1. The van der Waals surface area contributed by atoms with Crippen LogP contribution in [-0.4, -0.2) is 14.7 Å². The Morgan fingerprint density at radius 1 is 1.35 bits per heavy atom. The summed E-state index contributed by atoms with van der Waals surface area (Å²) < 4.78 is 7.52. The van der Waals surface area contributed by atoms with E-state index in [4.69, 9.17) is 4.74 Å². The third-order valence-corrected chi connectivity index (χ3v) is 3.77. The van der Waals surface area contributed by atoms with Crippen molar-refractivity contribution in [3.8, 4) is 0 Å². The van der Waals surface area contributed by atoms with Crippen molar-refractivity contribution in [3.63, 3.8) is 0 Å². The maximum atomic E-state index is 10.4. The van der Waals surface area contributed by atoms with Crippen molar-refractivity contribution in [2.24, 2.45) is 0 Å². The monoisotopic (exact) mass is 272 g/mol. The minimum atomic E-state index is -0.515. The average molecular weight is 272 g/mol. The van der Waals surface area contributed by atoms with Gasteiger partial charge >= 0.3 is 0 Å². The summed E-state index contributed by atoms with van der Waals surface area (Å²) in [7, 11) is 0. The summed E-state index contributed by atoms with van der Waals surface area (Å²) in [6, 6.07) is 6.10. The first-order valence-corrected chi connectivity index (χ1v) is 7.15. The molecule has 1 unspecified atom stereocenters. The van der Waals surface area contributed by atoms with Crippen molar-refractivity contribution in [1.29, 1.82) is 0 Å². The molecular weight excluding hydrogens is 252 g/mol. The zero-order chi connectivity index (χ0) is 13.9. The van der Waals surface area contributed by atoms with Crippen molar-refractivity contribution in [2.45, 2.75) is 45.6 Å². The predicted molar refractivity (Wildman–Crippen MR) is 76.1 cm³/mol. The lowest BCUT2D eigenvalue weighted by atomic mass is 10.0. The van der Waals surface area contributed by atoms with Crippen molar-refractivity contribution in [3.05, 3.63) is 53.1 Å². The van der Waals surface area contributed by atoms with E-state index in [2.05, 4.69) is 28.6 Å². The highest BCUT2D eigenvalue weighted by molar-refractivity contribution is 5.34. The Labute approximate surface area is 119 Å². The molecule has 3 rings (SSSR count). The number of ether oxygens (including phenoxy) is 1. The SMILES string of the molecule is CCCn1ccnc1CC(O)c1ccc2c(c1)COC2. The summed E-state index contributed by atoms with van der Waals surface area (Å²) in [4.78, 5) is 4.35. The van der Waals surface area contributed by atoms with Gasteiger partial charge in [-0.15, -0.1) is 0 Å². The summed E-state index contributed by atoms with van der Waals surface area (Å²) in [5.41, 5.74) is 3.37. The van der Waals surface area contributed by atoms with Crippen molar-refractivity contribution in [2.75, 3.05) is 0 Å². The van der Waals surface area contributed by atoms with Gasteiger partial charge in [-0.1, -0.05) is 25.1 Å². The zero-order valence-corrected chi connectivity index (χ0v) is 11.7. The summed E-state index contributed by atoms with van der Waals surface area (Å²) in [5, 5.41) is 10.4. The molecule has 1 N–H and O–H groups in total. The molecule has 0 bridgehead atoms. The number of rotatable bonds is 5. The second kappa shape index (κ2) is 5.77. The van der Waals surface area contributed by atoms with Crippen LogP contribution in [0, 0.1) is 0 Å². The standard InChI is InChI=1S/C16H20N2O2/c1-2-6-18-7-5-17-16(18)9-15(19)12-3-4-13-10-20-11-14(13)8-12/h3-5,7-8,15,19H,2,6,9-11H2,1H3. The number of benzene rings is 1. The van der Waals surface area contributed by atoms with Gasteiger partial charge in [0.05, 0.1) is 19.3 Å². The van der Waals surface area contributed by atoms with Crippen LogP contribution in [0.5, 0.6) is 0 Å². The van der Waals surface area contributed by atoms with Gasteiger partial charge < -0.3 is 14.4 Å². The van der Waals surface area contributed by atoms with E-state index in [0.717, 1.165) is 24.4 Å². The van der Waals surface area contributed by atoms with Crippen LogP contribution in [0.15, 0.2) is 30.6 Å². The molecule has 1 aromatic heterocycles. The van der Waals surface area contributed by atoms with Gasteiger partial charge in [0, 0.05) is 25.4 Å². The molecule has 0 saturated heterocycles. The Morgan fingerprint density at radius 2 is 2.20 bits per heavy atom. The summed E-state index contributed by atoms with van der Waals surface area (Å²) in [6.07, 6.45) is 4.87. The smallest absolute Gasteiger partial charge is 0.111 e. The van der Waals surface area contributed by atoms with Crippen molar-refractivity contribution < 1.29 is 9.84 Å². The summed E-state index contributed by atoms with van der Waals surface area (Å²) >= 11 is 0. The fraction of sp³-hybridized carbons (Fsp3) is 0.438. The molecule has 20 heavy (non-hydrogen) atoms. The Hall–Kier alpha value is -1.65. The summed E-state index contributed by atoms with van der Waals surface area (Å²) in [5.74, 6) is 0.941. The molecule has 0 amide bonds. The predicted octanol–water partition coefficient (Wildman–Crippen LogP) is 2.60. The lowest BCUT2D eigenvalue weighted by molar-refractivity contribution is 0.134. The molecule has 106 valence electrons. The zero-order valence-electron chi connectivity index (χ0n) is 11.7. The number of aryl methyl sites for hydroxylation is 1. The average Bonchev–Trinajstić information content (AvgIpc) is 3.07. The highest BCUT2D eigenvalue weighted by Gasteiger charge is 2.16. The molecular formula is C16H20N2O2. The lowest BCUT2D eigenvalue weighted by Gasteiger charge is -2.13. The first kappa shape index (κ1) is 13.3. The quantitative estimate of drug-likeness (QED) is 0.910. The van der Waals surface area contributed by atoms with Gasteiger partial charge in [-0.05, 0) is 23.1 Å². The van der Waals surface area contributed by atoms with Gasteiger partial charge in [0.25, 0.3) is 0 Å². The first-order valence-electron chi connectivity index (χ1n) is 7.15. The van der Waals surface area contributed by atoms with Crippen LogP contribution >= 0.6 is 0 Å². The topological polar surface area (TPSA) is 47.3 Å². The number of aromatic nitrogens is 2. The molecule has 1 aromatic carbocycles. The van der Waals surface area contributed by atoms with E-state index in [9.17, 15) is 5.11 Å². The molecule has 1 aliphatic rings. The molecule has 1 aliphatic heterocycles. The Balaban J connectivity index is 1.75. The molecule has 0 aliphatic carbocycles. The van der Waals surface area contributed by atoms with Crippen LogP contribution in [0.3, 0.4) is 0 Å². The fourth-order valence-corrected chi connectivity index (χ4v) is 2.66. The molecule has 0 saturated carbocycles. The maximum Gasteiger partial charge on any atom is 0.111 e. The van der Waals surface area contributed by atoms with E-state index in [0.29, 0.717) is 19.6 Å². The molecule has 2 heterocycles. The van der Waals surface area contributed by atoms with E-state index in [-0.39, 0.29) is 0 Å². The van der Waals surface area contributed by atoms with Gasteiger partial charge in [0.2, 0.25) is 0 Å². The van der Waals surface area contributed by atoms with Crippen LogP contribution in [0.4, 0.5) is 0 Å². The molecule has 0 spiro atoms. The Morgan fingerprint density at radius 3 is 3.05 bits per heavy atom. The van der Waals surface area contributed by atoms with E-state index in [1.165, 1.54) is 11.1 Å². The fourth-order valence-electron chi connectivity index (χ4n) is 2.66. The Kier molecular flexibility index (Phi) is 3.85. The van der Waals surface area contributed by atoms with Crippen molar-refractivity contribution in [1.82, 2.24) is 9.55 Å². The third-order valence-electron chi connectivity index (χ3n) is 3.77. The van der Waals surface area contributed by atoms with Gasteiger partial charge in [-0.3, -0.25) is 0 Å². The maximum absolute atomic E-state index is 10.4. The van der Waals surface area contributed by atoms with E-state index < -0.39 is 6.10 Å². The molecule has 0 radical (unpaired) electrons. The van der Waals surface area contributed by atoms with E-state index >= 15 is 0 Å². The minimum absolute atomic E-state index is 0.515. The lowest BCUT2D eigenvalue weighted by Crippen LogP contribution is -2.09. The van der Waals surface area contributed by atoms with E-state index in [1.54, 1.807) is 6.20 Å². The number of fused-ring (bicyclic) bond motifs is 1. The van der Waals surface area contributed by atoms with Crippen LogP contribution in [0.1, 0.15) is 42.0 Å². The van der Waals surface area contributed by atoms with Gasteiger partial charge in [0.15, 0.2) is 0 Å². The van der Waals surface area contributed by atoms with Crippen molar-refractivity contribution >= 4 is 0 Å². The van der Waals surface area contributed by atoms with Crippen LogP contribution in [-0.2, 0) is 30.9 Å². The molecule has 1 atom stereocenters. The molecule has 4 nitrogen and oxygen atoms in total. The van der Waals surface area contributed by atoms with Crippen LogP contribution in [0.25, 0.3) is 0 Å². The third kappa shape index (κ3) is 2.62. The van der Waals surface area contributed by atoms with Gasteiger partial charge in [-0.2, -0.15) is 0 Å². The molecule has 4 heteroatoms. The largest absolute Gasteiger partial charge is 0.388 e. The number of aliphatic hydroxyl groups is 1. The second-order valence-electron chi connectivity index (χ2n) is 5.28. The normalized spacial score (nSPS) is 15.3. The molecule has 0 fully saturated rings. The van der Waals surface area contributed by atoms with E-state index in [1.807, 2.05) is 12.3 Å². The van der Waals surface area contributed by atoms with Crippen LogP contribution < -0.4 is 0 Å². The second-order valence-corrected chi connectivity index (χ2v) is 5.28.